The molecule has 0 amide bonds. The second-order valence-electron chi connectivity index (χ2n) is 6.23. The number of phenolic OH excluding ortho intramolecular Hbond substituents is 1. The number of nitrogens with one attached hydrogen (secondary N) is 1. The van der Waals surface area contributed by atoms with Gasteiger partial charge in [-0.1, -0.05) is 36.4 Å². The van der Waals surface area contributed by atoms with Crippen molar-refractivity contribution in [2.45, 2.75) is 0 Å². The van der Waals surface area contributed by atoms with Crippen LogP contribution in [0.1, 0.15) is 11.4 Å². The van der Waals surface area contributed by atoms with Gasteiger partial charge in [-0.3, -0.25) is 0 Å². The van der Waals surface area contributed by atoms with Crippen molar-refractivity contribution in [3.8, 4) is 11.5 Å². The molecule has 1 aromatic heterocycles. The fourth-order valence-electron chi connectivity index (χ4n) is 2.87. The molecule has 3 aromatic carbocycles. The summed E-state index contributed by atoms with van der Waals surface area (Å²) in [6.45, 7) is 0. The van der Waals surface area contributed by atoms with Gasteiger partial charge < -0.3 is 15.2 Å². The van der Waals surface area contributed by atoms with Crippen molar-refractivity contribution >= 4 is 34.6 Å². The zero-order chi connectivity index (χ0) is 19.3. The molecule has 4 aromatic rings. The molecular formula is C23H19N3O2. The zero-order valence-electron chi connectivity index (χ0n) is 15.3. The molecule has 0 saturated heterocycles. The Balaban J connectivity index is 1.69. The van der Waals surface area contributed by atoms with Crippen molar-refractivity contribution in [3.05, 3.63) is 84.2 Å². The van der Waals surface area contributed by atoms with Crippen LogP contribution in [0, 0.1) is 0 Å². The zero-order valence-corrected chi connectivity index (χ0v) is 15.3. The van der Waals surface area contributed by atoms with Crippen LogP contribution in [0.3, 0.4) is 0 Å². The van der Waals surface area contributed by atoms with Crippen LogP contribution < -0.4 is 10.1 Å². The topological polar surface area (TPSA) is 67.3 Å². The first kappa shape index (κ1) is 17.5. The molecular weight excluding hydrogens is 350 g/mol. The predicted octanol–water partition coefficient (Wildman–Crippen LogP) is 5.26. The molecule has 0 unspecified atom stereocenters. The summed E-state index contributed by atoms with van der Waals surface area (Å²) >= 11 is 0. The van der Waals surface area contributed by atoms with E-state index < -0.39 is 0 Å². The third kappa shape index (κ3) is 3.94. The first-order valence-corrected chi connectivity index (χ1v) is 8.86. The lowest BCUT2D eigenvalue weighted by molar-refractivity contribution is 0.415. The van der Waals surface area contributed by atoms with Crippen molar-refractivity contribution < 1.29 is 9.84 Å². The number of aromatic hydroxyl groups is 1. The minimum atomic E-state index is 0.197. The highest BCUT2D eigenvalue weighted by atomic mass is 16.5. The van der Waals surface area contributed by atoms with E-state index in [9.17, 15) is 5.11 Å². The Morgan fingerprint density at radius 3 is 2.50 bits per heavy atom. The maximum Gasteiger partial charge on any atom is 0.154 e. The van der Waals surface area contributed by atoms with Crippen LogP contribution >= 0.6 is 0 Å². The molecule has 0 radical (unpaired) electrons. The van der Waals surface area contributed by atoms with Gasteiger partial charge in [0.2, 0.25) is 0 Å². The van der Waals surface area contributed by atoms with Gasteiger partial charge in [0.25, 0.3) is 0 Å². The van der Waals surface area contributed by atoms with E-state index in [0.29, 0.717) is 11.6 Å². The molecule has 0 fully saturated rings. The molecule has 138 valence electrons. The molecule has 0 bridgehead atoms. The highest BCUT2D eigenvalue weighted by Gasteiger charge is 2.07. The van der Waals surface area contributed by atoms with E-state index in [1.54, 1.807) is 25.3 Å². The number of fused-ring (bicyclic) bond motifs is 1. The third-order valence-corrected chi connectivity index (χ3v) is 4.27. The van der Waals surface area contributed by atoms with Crippen LogP contribution in [0.4, 0.5) is 11.5 Å². The number of hydrogen-bond acceptors (Lipinski definition) is 5. The maximum absolute atomic E-state index is 9.71. The molecule has 0 spiro atoms. The van der Waals surface area contributed by atoms with Crippen molar-refractivity contribution in [1.82, 2.24) is 9.97 Å². The summed E-state index contributed by atoms with van der Waals surface area (Å²) in [5, 5.41) is 13.9. The second kappa shape index (κ2) is 7.80. The first-order chi connectivity index (χ1) is 13.7. The Bertz CT molecular complexity index is 1140. The standard InChI is InChI=1S/C23H19N3O2/c1-28-19-12-9-16(10-13-19)11-14-22-25-21-8-3-2-7-20(21)23(26-22)24-17-5-4-6-18(27)15-17/h2-15,27H,1H3,(H,24,25,26)/b14-11+. The number of methoxy groups -OCH3 is 1. The van der Waals surface area contributed by atoms with Crippen LogP contribution in [0.25, 0.3) is 23.1 Å². The number of benzene rings is 3. The SMILES string of the molecule is COc1ccc(/C=C/c2nc(Nc3cccc(O)c3)c3ccccc3n2)cc1. The van der Waals surface area contributed by atoms with Crippen LogP contribution in [-0.2, 0) is 0 Å². The van der Waals surface area contributed by atoms with Crippen LogP contribution in [0.2, 0.25) is 0 Å². The van der Waals surface area contributed by atoms with Gasteiger partial charge in [-0.25, -0.2) is 9.97 Å². The Kier molecular flexibility index (Phi) is 4.89. The lowest BCUT2D eigenvalue weighted by Gasteiger charge is -2.10. The van der Waals surface area contributed by atoms with E-state index in [1.165, 1.54) is 0 Å². The Labute approximate surface area is 163 Å². The number of hydrogen-bond donors (Lipinski definition) is 2. The van der Waals surface area contributed by atoms with Gasteiger partial charge in [0.05, 0.1) is 12.6 Å². The van der Waals surface area contributed by atoms with E-state index in [4.69, 9.17) is 4.74 Å². The van der Waals surface area contributed by atoms with Gasteiger partial charge in [0, 0.05) is 17.1 Å². The quantitative estimate of drug-likeness (QED) is 0.502. The predicted molar refractivity (Wildman–Crippen MR) is 113 cm³/mol. The molecule has 0 aliphatic heterocycles. The molecule has 0 atom stereocenters. The molecule has 28 heavy (non-hydrogen) atoms. The smallest absolute Gasteiger partial charge is 0.154 e. The Morgan fingerprint density at radius 2 is 1.71 bits per heavy atom. The summed E-state index contributed by atoms with van der Waals surface area (Å²) < 4.78 is 5.19. The number of aromatic nitrogens is 2. The van der Waals surface area contributed by atoms with Crippen LogP contribution in [-0.4, -0.2) is 22.2 Å². The number of nitrogens with zero attached hydrogens (tertiary/aromatic N) is 2. The van der Waals surface area contributed by atoms with Gasteiger partial charge >= 0.3 is 0 Å². The first-order valence-electron chi connectivity index (χ1n) is 8.86. The Hall–Kier alpha value is -3.86. The number of para-hydroxylation sites is 1. The fourth-order valence-corrected chi connectivity index (χ4v) is 2.87. The van der Waals surface area contributed by atoms with Crippen molar-refractivity contribution in [3.63, 3.8) is 0 Å². The minimum absolute atomic E-state index is 0.197. The highest BCUT2D eigenvalue weighted by molar-refractivity contribution is 5.91. The van der Waals surface area contributed by atoms with Gasteiger partial charge in [-0.2, -0.15) is 0 Å². The van der Waals surface area contributed by atoms with Crippen LogP contribution in [0.15, 0.2) is 72.8 Å². The normalized spacial score (nSPS) is 11.0. The summed E-state index contributed by atoms with van der Waals surface area (Å²) in [4.78, 5) is 9.29. The highest BCUT2D eigenvalue weighted by Crippen LogP contribution is 2.26. The fraction of sp³-hybridized carbons (Fsp3) is 0.0435. The molecule has 1 heterocycles. The average molecular weight is 369 g/mol. The van der Waals surface area contributed by atoms with E-state index in [2.05, 4.69) is 15.3 Å². The number of anilines is 2. The third-order valence-electron chi connectivity index (χ3n) is 4.27. The molecule has 0 saturated carbocycles. The van der Waals surface area contributed by atoms with E-state index in [0.717, 1.165) is 27.9 Å². The van der Waals surface area contributed by atoms with Gasteiger partial charge in [-0.05, 0) is 48.0 Å². The summed E-state index contributed by atoms with van der Waals surface area (Å²) in [5.74, 6) is 2.29. The molecule has 0 aliphatic rings. The molecule has 5 nitrogen and oxygen atoms in total. The summed E-state index contributed by atoms with van der Waals surface area (Å²) in [6.07, 6.45) is 3.84. The van der Waals surface area contributed by atoms with E-state index in [1.807, 2.05) is 66.7 Å². The van der Waals surface area contributed by atoms with Crippen LogP contribution in [0.5, 0.6) is 11.5 Å². The van der Waals surface area contributed by atoms with Crippen molar-refractivity contribution in [2.24, 2.45) is 0 Å². The minimum Gasteiger partial charge on any atom is -0.508 e. The molecule has 5 heteroatoms. The summed E-state index contributed by atoms with van der Waals surface area (Å²) in [6, 6.07) is 22.5. The average Bonchev–Trinajstić information content (AvgIpc) is 2.73. The van der Waals surface area contributed by atoms with E-state index >= 15 is 0 Å². The summed E-state index contributed by atoms with van der Waals surface area (Å²) in [5.41, 5.74) is 2.63. The Morgan fingerprint density at radius 1 is 0.893 bits per heavy atom. The largest absolute Gasteiger partial charge is 0.508 e. The van der Waals surface area contributed by atoms with Gasteiger partial charge in [0.15, 0.2) is 5.82 Å². The summed E-state index contributed by atoms with van der Waals surface area (Å²) in [7, 11) is 1.65. The van der Waals surface area contributed by atoms with Gasteiger partial charge in [-0.15, -0.1) is 0 Å². The lowest BCUT2D eigenvalue weighted by atomic mass is 10.2. The second-order valence-corrected chi connectivity index (χ2v) is 6.23. The monoisotopic (exact) mass is 369 g/mol. The molecule has 4 rings (SSSR count). The molecule has 2 N–H and O–H groups in total. The van der Waals surface area contributed by atoms with Crippen molar-refractivity contribution in [1.29, 1.82) is 0 Å². The maximum atomic E-state index is 9.71. The number of ether oxygens (including phenoxy) is 1. The van der Waals surface area contributed by atoms with Crippen molar-refractivity contribution in [2.75, 3.05) is 12.4 Å². The van der Waals surface area contributed by atoms with Gasteiger partial charge in [0.1, 0.15) is 17.3 Å². The molecule has 0 aliphatic carbocycles. The number of rotatable bonds is 5. The van der Waals surface area contributed by atoms with E-state index in [-0.39, 0.29) is 5.75 Å². The lowest BCUT2D eigenvalue weighted by Crippen LogP contribution is -1.99. The number of phenols is 1.